The molecule has 0 aliphatic rings. The number of nitrogens with one attached hydrogen (secondary N) is 1. The molecule has 78 valence electrons. The Labute approximate surface area is 86.7 Å². The number of nitriles is 2. The summed E-state index contributed by atoms with van der Waals surface area (Å²) in [6.07, 6.45) is 6.75. The zero-order valence-electron chi connectivity index (χ0n) is 8.76. The molecule has 0 aromatic rings. The Morgan fingerprint density at radius 3 is 1.79 bits per heavy atom. The van der Waals surface area contributed by atoms with Crippen LogP contribution < -0.4 is 5.32 Å². The van der Waals surface area contributed by atoms with E-state index in [9.17, 15) is 0 Å². The van der Waals surface area contributed by atoms with Crippen LogP contribution in [0.1, 0.15) is 44.9 Å². The minimum atomic E-state index is 0.670. The van der Waals surface area contributed by atoms with Gasteiger partial charge in [0.2, 0.25) is 0 Å². The van der Waals surface area contributed by atoms with Crippen LogP contribution >= 0.6 is 0 Å². The predicted molar refractivity (Wildman–Crippen MR) is 56.4 cm³/mol. The van der Waals surface area contributed by atoms with Crippen molar-refractivity contribution in [3.8, 4) is 12.1 Å². The predicted octanol–water partition coefficient (Wildman–Crippen LogP) is 2.35. The highest BCUT2D eigenvalue weighted by atomic mass is 14.8. The first-order valence-electron chi connectivity index (χ1n) is 5.36. The standard InChI is InChI=1S/C11H19N3/c12-8-4-1-2-6-10-14-11-7-3-5-9-13/h14H,1-7,10-11H2. The van der Waals surface area contributed by atoms with Gasteiger partial charge in [-0.15, -0.1) is 0 Å². The van der Waals surface area contributed by atoms with E-state index in [2.05, 4.69) is 17.5 Å². The van der Waals surface area contributed by atoms with Gasteiger partial charge in [-0.05, 0) is 38.8 Å². The van der Waals surface area contributed by atoms with E-state index >= 15 is 0 Å². The van der Waals surface area contributed by atoms with Gasteiger partial charge in [0.15, 0.2) is 0 Å². The molecule has 1 N–H and O–H groups in total. The van der Waals surface area contributed by atoms with Crippen LogP contribution in [0.2, 0.25) is 0 Å². The zero-order chi connectivity index (χ0) is 10.5. The van der Waals surface area contributed by atoms with Crippen molar-refractivity contribution >= 4 is 0 Å². The van der Waals surface area contributed by atoms with Crippen LogP contribution in [0.3, 0.4) is 0 Å². The molecule has 0 spiro atoms. The number of rotatable bonds is 9. The van der Waals surface area contributed by atoms with Gasteiger partial charge in [0, 0.05) is 12.8 Å². The fraction of sp³-hybridized carbons (Fsp3) is 0.818. The molecule has 0 radical (unpaired) electrons. The molecule has 0 saturated heterocycles. The van der Waals surface area contributed by atoms with Crippen molar-refractivity contribution in [1.29, 1.82) is 10.5 Å². The summed E-state index contributed by atoms with van der Waals surface area (Å²) in [6, 6.07) is 4.28. The second-order valence-corrected chi connectivity index (χ2v) is 3.33. The molecule has 0 aromatic heterocycles. The van der Waals surface area contributed by atoms with Gasteiger partial charge in [0.25, 0.3) is 0 Å². The van der Waals surface area contributed by atoms with Gasteiger partial charge in [-0.1, -0.05) is 6.42 Å². The quantitative estimate of drug-likeness (QED) is 0.572. The van der Waals surface area contributed by atoms with E-state index < -0.39 is 0 Å². The molecule has 0 fully saturated rings. The summed E-state index contributed by atoms with van der Waals surface area (Å²) in [6.45, 7) is 2.05. The number of nitrogens with zero attached hydrogens (tertiary/aromatic N) is 2. The molecule has 0 aliphatic heterocycles. The van der Waals surface area contributed by atoms with E-state index in [1.165, 1.54) is 0 Å². The Hall–Kier alpha value is -1.06. The highest BCUT2D eigenvalue weighted by Crippen LogP contribution is 1.97. The summed E-state index contributed by atoms with van der Waals surface area (Å²) in [5, 5.41) is 19.9. The largest absolute Gasteiger partial charge is 0.317 e. The molecule has 0 unspecified atom stereocenters. The molecular formula is C11H19N3. The monoisotopic (exact) mass is 193 g/mol. The maximum absolute atomic E-state index is 8.30. The SMILES string of the molecule is N#CCCCCCNCCCCC#N. The summed E-state index contributed by atoms with van der Waals surface area (Å²) in [5.74, 6) is 0. The van der Waals surface area contributed by atoms with Crippen molar-refractivity contribution in [2.75, 3.05) is 13.1 Å². The summed E-state index contributed by atoms with van der Waals surface area (Å²) < 4.78 is 0. The van der Waals surface area contributed by atoms with Crippen LogP contribution in [-0.2, 0) is 0 Å². The van der Waals surface area contributed by atoms with Gasteiger partial charge < -0.3 is 5.32 Å². The molecule has 0 saturated carbocycles. The topological polar surface area (TPSA) is 59.6 Å². The smallest absolute Gasteiger partial charge is 0.0621 e. The molecule has 0 aromatic carbocycles. The Morgan fingerprint density at radius 2 is 1.21 bits per heavy atom. The Kier molecular flexibility index (Phi) is 11.0. The summed E-state index contributed by atoms with van der Waals surface area (Å²) in [5.41, 5.74) is 0. The van der Waals surface area contributed by atoms with Crippen LogP contribution in [0.4, 0.5) is 0 Å². The molecule has 3 heteroatoms. The van der Waals surface area contributed by atoms with Crippen molar-refractivity contribution in [3.05, 3.63) is 0 Å². The Bertz CT molecular complexity index is 166. The van der Waals surface area contributed by atoms with Gasteiger partial charge in [0.1, 0.15) is 0 Å². The lowest BCUT2D eigenvalue weighted by Crippen LogP contribution is -2.16. The molecule has 0 amide bonds. The molecule has 0 rings (SSSR count). The molecule has 0 aliphatic carbocycles. The molecule has 0 atom stereocenters. The van der Waals surface area contributed by atoms with Crippen molar-refractivity contribution in [1.82, 2.24) is 5.32 Å². The first-order chi connectivity index (χ1) is 6.91. The maximum Gasteiger partial charge on any atom is 0.0621 e. The van der Waals surface area contributed by atoms with Gasteiger partial charge in [-0.25, -0.2) is 0 Å². The van der Waals surface area contributed by atoms with Crippen molar-refractivity contribution in [2.24, 2.45) is 0 Å². The number of hydrogen-bond acceptors (Lipinski definition) is 3. The molecular weight excluding hydrogens is 174 g/mol. The molecule has 0 heterocycles. The van der Waals surface area contributed by atoms with Crippen LogP contribution in [0.15, 0.2) is 0 Å². The third-order valence-corrected chi connectivity index (χ3v) is 2.03. The molecule has 0 bridgehead atoms. The minimum absolute atomic E-state index is 0.670. The van der Waals surface area contributed by atoms with Crippen LogP contribution in [0.5, 0.6) is 0 Å². The summed E-state index contributed by atoms with van der Waals surface area (Å²) in [7, 11) is 0. The van der Waals surface area contributed by atoms with E-state index in [0.29, 0.717) is 12.8 Å². The lowest BCUT2D eigenvalue weighted by molar-refractivity contribution is 0.583. The fourth-order valence-electron chi connectivity index (χ4n) is 1.21. The van der Waals surface area contributed by atoms with Gasteiger partial charge in [0.05, 0.1) is 12.1 Å². The molecule has 14 heavy (non-hydrogen) atoms. The highest BCUT2D eigenvalue weighted by molar-refractivity contribution is 4.69. The Balaban J connectivity index is 2.86. The van der Waals surface area contributed by atoms with Crippen molar-refractivity contribution in [2.45, 2.75) is 44.9 Å². The second-order valence-electron chi connectivity index (χ2n) is 3.33. The van der Waals surface area contributed by atoms with E-state index in [-0.39, 0.29) is 0 Å². The molecule has 3 nitrogen and oxygen atoms in total. The van der Waals surface area contributed by atoms with Crippen LogP contribution in [0.25, 0.3) is 0 Å². The Morgan fingerprint density at radius 1 is 0.714 bits per heavy atom. The third kappa shape index (κ3) is 10.9. The minimum Gasteiger partial charge on any atom is -0.317 e. The van der Waals surface area contributed by atoms with E-state index in [4.69, 9.17) is 10.5 Å². The van der Waals surface area contributed by atoms with E-state index in [1.54, 1.807) is 0 Å². The van der Waals surface area contributed by atoms with Gasteiger partial charge in [-0.2, -0.15) is 10.5 Å². The zero-order valence-corrected chi connectivity index (χ0v) is 8.76. The van der Waals surface area contributed by atoms with E-state index in [0.717, 1.165) is 45.2 Å². The lowest BCUT2D eigenvalue weighted by Gasteiger charge is -2.02. The number of unbranched alkanes of at least 4 members (excludes halogenated alkanes) is 5. The van der Waals surface area contributed by atoms with Crippen molar-refractivity contribution in [3.63, 3.8) is 0 Å². The average molecular weight is 193 g/mol. The van der Waals surface area contributed by atoms with Crippen molar-refractivity contribution < 1.29 is 0 Å². The second kappa shape index (κ2) is 11.9. The highest BCUT2D eigenvalue weighted by Gasteiger charge is 1.90. The summed E-state index contributed by atoms with van der Waals surface area (Å²) in [4.78, 5) is 0. The van der Waals surface area contributed by atoms with Crippen LogP contribution in [-0.4, -0.2) is 13.1 Å². The first-order valence-corrected chi connectivity index (χ1v) is 5.36. The van der Waals surface area contributed by atoms with Crippen LogP contribution in [0, 0.1) is 22.7 Å². The van der Waals surface area contributed by atoms with E-state index in [1.807, 2.05) is 0 Å². The van der Waals surface area contributed by atoms with Gasteiger partial charge >= 0.3 is 0 Å². The number of hydrogen-bond donors (Lipinski definition) is 1. The summed E-state index contributed by atoms with van der Waals surface area (Å²) >= 11 is 0. The lowest BCUT2D eigenvalue weighted by atomic mass is 10.2. The third-order valence-electron chi connectivity index (χ3n) is 2.03. The van der Waals surface area contributed by atoms with Gasteiger partial charge in [-0.3, -0.25) is 0 Å². The normalized spacial score (nSPS) is 9.29. The maximum atomic E-state index is 8.30. The fourth-order valence-corrected chi connectivity index (χ4v) is 1.21. The average Bonchev–Trinajstić information content (AvgIpc) is 2.21. The first kappa shape index (κ1) is 12.9.